The van der Waals surface area contributed by atoms with Crippen molar-refractivity contribution < 1.29 is 0 Å². The second kappa shape index (κ2) is 12.8. The molecular weight excluding hydrogens is 713 g/mol. The van der Waals surface area contributed by atoms with Crippen LogP contribution in [0.15, 0.2) is 182 Å². The number of thiazole rings is 1. The SMILES string of the molecule is c1ccc(-c2ccc(N(c3cccc(-c4cccc5sc6ccccc6c45)c3)c3ccc4c(c3)sc3ccc5sc(-c6ccccc6)nc5c34)cc2)cc1. The number of hydrogen-bond donors (Lipinski definition) is 0. The van der Waals surface area contributed by atoms with E-state index in [4.69, 9.17) is 4.98 Å². The van der Waals surface area contributed by atoms with Gasteiger partial charge in [-0.05, 0) is 82.9 Å². The zero-order chi connectivity index (χ0) is 35.6. The van der Waals surface area contributed by atoms with Gasteiger partial charge in [0.1, 0.15) is 5.01 Å². The topological polar surface area (TPSA) is 16.1 Å². The Labute approximate surface area is 324 Å². The molecule has 0 radical (unpaired) electrons. The highest BCUT2D eigenvalue weighted by Crippen LogP contribution is 2.46. The number of aromatic nitrogens is 1. The van der Waals surface area contributed by atoms with E-state index in [0.29, 0.717) is 0 Å². The zero-order valence-corrected chi connectivity index (χ0v) is 31.4. The first-order valence-corrected chi connectivity index (χ1v) is 20.5. The Balaban J connectivity index is 1.07. The molecule has 0 saturated heterocycles. The Kier molecular flexibility index (Phi) is 7.44. The summed E-state index contributed by atoms with van der Waals surface area (Å²) in [7, 11) is 0. The summed E-state index contributed by atoms with van der Waals surface area (Å²) in [6.07, 6.45) is 0. The molecule has 0 unspecified atom stereocenters. The summed E-state index contributed by atoms with van der Waals surface area (Å²) in [6.45, 7) is 0. The van der Waals surface area contributed by atoms with Gasteiger partial charge in [0.2, 0.25) is 0 Å². The molecule has 11 rings (SSSR count). The number of nitrogens with zero attached hydrogens (tertiary/aromatic N) is 2. The third-order valence-corrected chi connectivity index (χ3v) is 13.6. The summed E-state index contributed by atoms with van der Waals surface area (Å²) in [5, 5.41) is 6.19. The molecule has 0 aliphatic heterocycles. The van der Waals surface area contributed by atoms with Crippen LogP contribution in [0.5, 0.6) is 0 Å². The van der Waals surface area contributed by atoms with Gasteiger partial charge in [0, 0.05) is 63.0 Å². The van der Waals surface area contributed by atoms with Gasteiger partial charge in [-0.15, -0.1) is 34.0 Å². The smallest absolute Gasteiger partial charge is 0.124 e. The van der Waals surface area contributed by atoms with Gasteiger partial charge in [-0.2, -0.15) is 0 Å². The molecule has 0 spiro atoms. The fourth-order valence-corrected chi connectivity index (χ4v) is 11.0. The average molecular weight is 743 g/mol. The lowest BCUT2D eigenvalue weighted by atomic mass is 9.98. The van der Waals surface area contributed by atoms with Gasteiger partial charge in [0.15, 0.2) is 0 Å². The van der Waals surface area contributed by atoms with Crippen molar-refractivity contribution in [2.75, 3.05) is 4.90 Å². The van der Waals surface area contributed by atoms with Crippen molar-refractivity contribution in [3.8, 4) is 32.8 Å². The summed E-state index contributed by atoms with van der Waals surface area (Å²) in [4.78, 5) is 7.61. The molecule has 3 aromatic heterocycles. The largest absolute Gasteiger partial charge is 0.310 e. The molecular formula is C49H30N2S3. The van der Waals surface area contributed by atoms with E-state index >= 15 is 0 Å². The molecule has 0 N–H and O–H groups in total. The van der Waals surface area contributed by atoms with E-state index in [1.54, 1.807) is 11.3 Å². The number of fused-ring (bicyclic) bond motifs is 8. The summed E-state index contributed by atoms with van der Waals surface area (Å²) >= 11 is 5.48. The molecule has 2 nitrogen and oxygen atoms in total. The van der Waals surface area contributed by atoms with E-state index in [0.717, 1.165) is 33.1 Å². The van der Waals surface area contributed by atoms with Gasteiger partial charge >= 0.3 is 0 Å². The average Bonchev–Trinajstić information content (AvgIpc) is 3.95. The number of thiophene rings is 2. The van der Waals surface area contributed by atoms with Gasteiger partial charge in [-0.25, -0.2) is 4.98 Å². The molecule has 11 aromatic rings. The van der Waals surface area contributed by atoms with Crippen molar-refractivity contribution in [2.45, 2.75) is 0 Å². The van der Waals surface area contributed by atoms with Crippen molar-refractivity contribution in [2.24, 2.45) is 0 Å². The van der Waals surface area contributed by atoms with Crippen LogP contribution in [0.3, 0.4) is 0 Å². The standard InChI is InChI=1S/C49H30N2S3/c1-3-11-31(12-4-1)32-21-23-35(24-22-32)51(36-16-9-15-34(29-36)38-18-10-20-42-46(38)39-17-7-8-19-41(39)52-42)37-25-26-40-45(30-37)53-43-27-28-44-48(47(40)43)50-49(54-44)33-13-5-2-6-14-33/h1-30H. The van der Waals surface area contributed by atoms with E-state index in [2.05, 4.69) is 187 Å². The third kappa shape index (κ3) is 5.24. The van der Waals surface area contributed by atoms with Crippen LogP contribution in [0, 0.1) is 0 Å². The van der Waals surface area contributed by atoms with E-state index in [1.165, 1.54) is 67.3 Å². The summed E-state index contributed by atoms with van der Waals surface area (Å²) in [5.74, 6) is 0. The second-order valence-electron chi connectivity index (χ2n) is 13.5. The molecule has 0 atom stereocenters. The summed E-state index contributed by atoms with van der Waals surface area (Å²) in [6, 6.07) is 66.1. The highest BCUT2D eigenvalue weighted by molar-refractivity contribution is 7.27. The van der Waals surface area contributed by atoms with Crippen LogP contribution in [0.4, 0.5) is 17.1 Å². The van der Waals surface area contributed by atoms with Crippen molar-refractivity contribution in [1.82, 2.24) is 4.98 Å². The van der Waals surface area contributed by atoms with Crippen LogP contribution >= 0.6 is 34.0 Å². The molecule has 0 aliphatic rings. The van der Waals surface area contributed by atoms with Crippen molar-refractivity contribution in [3.63, 3.8) is 0 Å². The first-order chi connectivity index (χ1) is 26.7. The monoisotopic (exact) mass is 742 g/mol. The Hall–Kier alpha value is -6.11. The molecule has 8 aromatic carbocycles. The highest BCUT2D eigenvalue weighted by Gasteiger charge is 2.19. The first kappa shape index (κ1) is 31.4. The van der Waals surface area contributed by atoms with Crippen molar-refractivity contribution in [1.29, 1.82) is 0 Å². The predicted molar refractivity (Wildman–Crippen MR) is 236 cm³/mol. The fourth-order valence-electron chi connectivity index (χ4n) is 7.79. The molecule has 0 bridgehead atoms. The van der Waals surface area contributed by atoms with Crippen molar-refractivity contribution >= 4 is 102 Å². The fraction of sp³-hybridized carbons (Fsp3) is 0. The maximum absolute atomic E-state index is 5.21. The van der Waals surface area contributed by atoms with E-state index in [9.17, 15) is 0 Å². The minimum atomic E-state index is 1.06. The Morgan fingerprint density at radius 3 is 1.81 bits per heavy atom. The Morgan fingerprint density at radius 1 is 0.352 bits per heavy atom. The normalized spacial score (nSPS) is 11.7. The van der Waals surface area contributed by atoms with Gasteiger partial charge in [-0.1, -0.05) is 121 Å². The lowest BCUT2D eigenvalue weighted by Crippen LogP contribution is -2.10. The van der Waals surface area contributed by atoms with Gasteiger partial charge < -0.3 is 4.90 Å². The Morgan fingerprint density at radius 2 is 0.963 bits per heavy atom. The third-order valence-electron chi connectivity index (χ3n) is 10.3. The van der Waals surface area contributed by atoms with Gasteiger partial charge in [0.05, 0.1) is 10.2 Å². The van der Waals surface area contributed by atoms with Crippen LogP contribution in [0.25, 0.3) is 83.4 Å². The van der Waals surface area contributed by atoms with Crippen LogP contribution in [-0.4, -0.2) is 4.98 Å². The second-order valence-corrected chi connectivity index (χ2v) is 16.7. The van der Waals surface area contributed by atoms with E-state index < -0.39 is 0 Å². The van der Waals surface area contributed by atoms with Gasteiger partial charge in [-0.3, -0.25) is 0 Å². The lowest BCUT2D eigenvalue weighted by molar-refractivity contribution is 1.29. The minimum absolute atomic E-state index is 1.06. The van der Waals surface area contributed by atoms with Crippen LogP contribution in [0.2, 0.25) is 0 Å². The molecule has 5 heteroatoms. The van der Waals surface area contributed by atoms with E-state index in [1.807, 2.05) is 22.7 Å². The predicted octanol–water partition coefficient (Wildman–Crippen LogP) is 15.5. The molecule has 0 fully saturated rings. The maximum atomic E-state index is 5.21. The number of benzene rings is 8. The number of hydrogen-bond acceptors (Lipinski definition) is 5. The highest BCUT2D eigenvalue weighted by atomic mass is 32.1. The molecule has 254 valence electrons. The van der Waals surface area contributed by atoms with Crippen LogP contribution in [-0.2, 0) is 0 Å². The minimum Gasteiger partial charge on any atom is -0.310 e. The molecule has 3 heterocycles. The van der Waals surface area contributed by atoms with Crippen LogP contribution in [0.1, 0.15) is 0 Å². The first-order valence-electron chi connectivity index (χ1n) is 18.0. The number of rotatable bonds is 6. The molecule has 54 heavy (non-hydrogen) atoms. The Bertz CT molecular complexity index is 3160. The quantitative estimate of drug-likeness (QED) is 0.169. The van der Waals surface area contributed by atoms with Crippen molar-refractivity contribution in [3.05, 3.63) is 182 Å². The molecule has 0 aliphatic carbocycles. The summed E-state index contributed by atoms with van der Waals surface area (Å²) in [5.41, 5.74) is 10.5. The maximum Gasteiger partial charge on any atom is 0.124 e. The molecule has 0 amide bonds. The zero-order valence-electron chi connectivity index (χ0n) is 28.9. The van der Waals surface area contributed by atoms with Crippen LogP contribution < -0.4 is 4.90 Å². The molecule has 0 saturated carbocycles. The van der Waals surface area contributed by atoms with E-state index in [-0.39, 0.29) is 0 Å². The lowest BCUT2D eigenvalue weighted by Gasteiger charge is -2.26. The van der Waals surface area contributed by atoms with Gasteiger partial charge in [0.25, 0.3) is 0 Å². The summed E-state index contributed by atoms with van der Waals surface area (Å²) < 4.78 is 6.36. The number of anilines is 3.